The number of hydrogen-bond donors (Lipinski definition) is 1. The quantitative estimate of drug-likeness (QED) is 0.901. The van der Waals surface area contributed by atoms with E-state index in [0.29, 0.717) is 10.8 Å². The van der Waals surface area contributed by atoms with E-state index >= 15 is 0 Å². The van der Waals surface area contributed by atoms with E-state index in [-0.39, 0.29) is 5.75 Å². The minimum Gasteiger partial charge on any atom is -0.504 e. The standard InChI is InChI=1S/C14H20ClNO3/c1-18-14-9-11(12(15)10-13(14)17)3-2-4-16-5-7-19-8-6-16/h9-10,17H,2-8H2,1H3. The molecule has 1 aliphatic rings. The number of ether oxygens (including phenoxy) is 2. The van der Waals surface area contributed by atoms with Gasteiger partial charge >= 0.3 is 0 Å². The van der Waals surface area contributed by atoms with Gasteiger partial charge in [0.05, 0.1) is 20.3 Å². The van der Waals surface area contributed by atoms with Crippen molar-refractivity contribution in [3.05, 3.63) is 22.7 Å². The largest absolute Gasteiger partial charge is 0.504 e. The molecule has 1 heterocycles. The molecule has 0 amide bonds. The molecule has 0 saturated carbocycles. The first kappa shape index (κ1) is 14.4. The summed E-state index contributed by atoms with van der Waals surface area (Å²) in [4.78, 5) is 2.40. The van der Waals surface area contributed by atoms with E-state index in [4.69, 9.17) is 21.1 Å². The summed E-state index contributed by atoms with van der Waals surface area (Å²) in [7, 11) is 1.54. The average molecular weight is 286 g/mol. The van der Waals surface area contributed by atoms with Crippen LogP contribution in [0.3, 0.4) is 0 Å². The van der Waals surface area contributed by atoms with Crippen molar-refractivity contribution in [2.75, 3.05) is 40.0 Å². The van der Waals surface area contributed by atoms with Gasteiger partial charge in [-0.15, -0.1) is 0 Å². The molecule has 1 aromatic carbocycles. The molecule has 4 nitrogen and oxygen atoms in total. The molecule has 0 bridgehead atoms. The van der Waals surface area contributed by atoms with Crippen LogP contribution in [0.1, 0.15) is 12.0 Å². The highest BCUT2D eigenvalue weighted by atomic mass is 35.5. The zero-order valence-electron chi connectivity index (χ0n) is 11.2. The van der Waals surface area contributed by atoms with Gasteiger partial charge in [-0.05, 0) is 31.0 Å². The molecule has 1 N–H and O–H groups in total. The van der Waals surface area contributed by atoms with Crippen molar-refractivity contribution in [2.45, 2.75) is 12.8 Å². The third-order valence-corrected chi connectivity index (χ3v) is 3.72. The Balaban J connectivity index is 1.88. The molecular formula is C14H20ClNO3. The van der Waals surface area contributed by atoms with Gasteiger partial charge in [-0.2, -0.15) is 0 Å². The maximum absolute atomic E-state index is 9.61. The summed E-state index contributed by atoms with van der Waals surface area (Å²) < 4.78 is 10.4. The van der Waals surface area contributed by atoms with Crippen LogP contribution in [0.5, 0.6) is 11.5 Å². The number of aromatic hydroxyl groups is 1. The molecule has 2 rings (SSSR count). The lowest BCUT2D eigenvalue weighted by Crippen LogP contribution is -2.36. The van der Waals surface area contributed by atoms with E-state index in [9.17, 15) is 5.11 Å². The Kier molecular flexibility index (Phi) is 5.31. The summed E-state index contributed by atoms with van der Waals surface area (Å²) in [6.07, 6.45) is 1.92. The highest BCUT2D eigenvalue weighted by Gasteiger charge is 2.11. The second-order valence-electron chi connectivity index (χ2n) is 4.67. The molecule has 0 aliphatic carbocycles. The van der Waals surface area contributed by atoms with Gasteiger partial charge in [-0.25, -0.2) is 0 Å². The van der Waals surface area contributed by atoms with Crippen molar-refractivity contribution in [3.8, 4) is 11.5 Å². The fourth-order valence-electron chi connectivity index (χ4n) is 2.26. The summed E-state index contributed by atoms with van der Waals surface area (Å²) in [6.45, 7) is 4.71. The Morgan fingerprint density at radius 2 is 2.11 bits per heavy atom. The minimum atomic E-state index is 0.0874. The van der Waals surface area contributed by atoms with Crippen molar-refractivity contribution < 1.29 is 14.6 Å². The first-order chi connectivity index (χ1) is 9.20. The molecule has 0 radical (unpaired) electrons. The minimum absolute atomic E-state index is 0.0874. The van der Waals surface area contributed by atoms with Crippen LogP contribution >= 0.6 is 11.6 Å². The Morgan fingerprint density at radius 3 is 2.79 bits per heavy atom. The molecular weight excluding hydrogens is 266 g/mol. The van der Waals surface area contributed by atoms with Gasteiger partial charge in [-0.1, -0.05) is 11.6 Å². The maximum Gasteiger partial charge on any atom is 0.160 e. The van der Waals surface area contributed by atoms with Crippen LogP contribution in [0, 0.1) is 0 Å². The topological polar surface area (TPSA) is 41.9 Å². The molecule has 0 unspecified atom stereocenters. The normalized spacial score (nSPS) is 16.5. The number of rotatable bonds is 5. The Labute approximate surface area is 118 Å². The van der Waals surface area contributed by atoms with E-state index < -0.39 is 0 Å². The van der Waals surface area contributed by atoms with Crippen molar-refractivity contribution in [1.82, 2.24) is 4.90 Å². The number of hydrogen-bond acceptors (Lipinski definition) is 4. The fourth-order valence-corrected chi connectivity index (χ4v) is 2.51. The second kappa shape index (κ2) is 6.98. The lowest BCUT2D eigenvalue weighted by atomic mass is 10.1. The molecule has 0 aromatic heterocycles. The number of phenols is 1. The molecule has 1 fully saturated rings. The van der Waals surface area contributed by atoms with Crippen LogP contribution in [0.4, 0.5) is 0 Å². The van der Waals surface area contributed by atoms with Crippen LogP contribution in [-0.4, -0.2) is 50.0 Å². The van der Waals surface area contributed by atoms with Crippen LogP contribution in [-0.2, 0) is 11.2 Å². The molecule has 5 heteroatoms. The van der Waals surface area contributed by atoms with Crippen LogP contribution in [0.15, 0.2) is 12.1 Å². The molecule has 1 aliphatic heterocycles. The first-order valence-corrected chi connectivity index (χ1v) is 6.94. The summed E-state index contributed by atoms with van der Waals surface area (Å²) in [6, 6.07) is 3.36. The van der Waals surface area contributed by atoms with Gasteiger partial charge in [0.15, 0.2) is 11.5 Å². The van der Waals surface area contributed by atoms with Gasteiger partial charge in [0, 0.05) is 24.2 Å². The number of morpholine rings is 1. The SMILES string of the molecule is COc1cc(CCCN2CCOCC2)c(Cl)cc1O. The fraction of sp³-hybridized carbons (Fsp3) is 0.571. The highest BCUT2D eigenvalue weighted by molar-refractivity contribution is 6.31. The van der Waals surface area contributed by atoms with Crippen LogP contribution < -0.4 is 4.74 Å². The smallest absolute Gasteiger partial charge is 0.160 e. The predicted octanol–water partition coefficient (Wildman–Crippen LogP) is 2.32. The van der Waals surface area contributed by atoms with E-state index in [2.05, 4.69) is 4.90 Å². The summed E-state index contributed by atoms with van der Waals surface area (Å²) in [5, 5.41) is 10.2. The number of aryl methyl sites for hydroxylation is 1. The van der Waals surface area contributed by atoms with Crippen LogP contribution in [0.2, 0.25) is 5.02 Å². The van der Waals surface area contributed by atoms with Crippen molar-refractivity contribution in [2.24, 2.45) is 0 Å². The van der Waals surface area contributed by atoms with E-state index in [0.717, 1.165) is 51.3 Å². The predicted molar refractivity (Wildman–Crippen MR) is 75.2 cm³/mol. The van der Waals surface area contributed by atoms with Gasteiger partial charge < -0.3 is 14.6 Å². The number of methoxy groups -OCH3 is 1. The lowest BCUT2D eigenvalue weighted by Gasteiger charge is -2.26. The van der Waals surface area contributed by atoms with Gasteiger partial charge in [0.2, 0.25) is 0 Å². The summed E-state index contributed by atoms with van der Waals surface area (Å²) in [5.74, 6) is 0.565. The number of phenolic OH excluding ortho intramolecular Hbond substituents is 1. The molecule has 106 valence electrons. The van der Waals surface area contributed by atoms with Gasteiger partial charge in [0.25, 0.3) is 0 Å². The molecule has 19 heavy (non-hydrogen) atoms. The van der Waals surface area contributed by atoms with E-state index in [1.165, 1.54) is 0 Å². The lowest BCUT2D eigenvalue weighted by molar-refractivity contribution is 0.0374. The summed E-state index contributed by atoms with van der Waals surface area (Å²) in [5.41, 5.74) is 1.02. The summed E-state index contributed by atoms with van der Waals surface area (Å²) >= 11 is 6.13. The van der Waals surface area contributed by atoms with Crippen LogP contribution in [0.25, 0.3) is 0 Å². The molecule has 0 spiro atoms. The van der Waals surface area contributed by atoms with E-state index in [1.807, 2.05) is 6.07 Å². The molecule has 1 aromatic rings. The zero-order chi connectivity index (χ0) is 13.7. The number of benzene rings is 1. The Morgan fingerprint density at radius 1 is 1.37 bits per heavy atom. The highest BCUT2D eigenvalue weighted by Crippen LogP contribution is 2.32. The number of nitrogens with zero attached hydrogens (tertiary/aromatic N) is 1. The van der Waals surface area contributed by atoms with E-state index in [1.54, 1.807) is 13.2 Å². The average Bonchev–Trinajstić information content (AvgIpc) is 2.42. The molecule has 0 atom stereocenters. The van der Waals surface area contributed by atoms with Crippen molar-refractivity contribution in [3.63, 3.8) is 0 Å². The van der Waals surface area contributed by atoms with Gasteiger partial charge in [-0.3, -0.25) is 4.90 Å². The molecule has 1 saturated heterocycles. The first-order valence-electron chi connectivity index (χ1n) is 6.56. The maximum atomic E-state index is 9.61. The number of halogens is 1. The Hall–Kier alpha value is -0.970. The Bertz CT molecular complexity index is 419. The van der Waals surface area contributed by atoms with Crippen molar-refractivity contribution in [1.29, 1.82) is 0 Å². The second-order valence-corrected chi connectivity index (χ2v) is 5.08. The van der Waals surface area contributed by atoms with Crippen molar-refractivity contribution >= 4 is 11.6 Å². The monoisotopic (exact) mass is 285 g/mol. The van der Waals surface area contributed by atoms with Gasteiger partial charge in [0.1, 0.15) is 0 Å². The third kappa shape index (κ3) is 4.00. The third-order valence-electron chi connectivity index (χ3n) is 3.37. The zero-order valence-corrected chi connectivity index (χ0v) is 11.9.